The quantitative estimate of drug-likeness (QED) is 0.488. The van der Waals surface area contributed by atoms with Crippen LogP contribution in [0.15, 0.2) is 54.9 Å². The smallest absolute Gasteiger partial charge is 0.256 e. The fourth-order valence-corrected chi connectivity index (χ4v) is 3.05. The van der Waals surface area contributed by atoms with Crippen molar-refractivity contribution < 1.29 is 14.6 Å². The monoisotopic (exact) mass is 371 g/mol. The lowest BCUT2D eigenvalue weighted by Gasteiger charge is -2.04. The first-order valence-corrected chi connectivity index (χ1v) is 8.65. The van der Waals surface area contributed by atoms with E-state index < -0.39 is 6.10 Å². The second-order valence-corrected chi connectivity index (χ2v) is 6.13. The Morgan fingerprint density at radius 2 is 2.11 bits per heavy atom. The number of rotatable bonds is 3. The molecule has 1 aliphatic heterocycles. The minimum Gasteiger partial charge on any atom is -0.495 e. The van der Waals surface area contributed by atoms with Gasteiger partial charge in [-0.1, -0.05) is 24.0 Å². The van der Waals surface area contributed by atoms with Crippen LogP contribution in [0.4, 0.5) is 5.69 Å². The Balaban J connectivity index is 1.75. The number of aromatic nitrogens is 2. The highest BCUT2D eigenvalue weighted by atomic mass is 16.5. The molecule has 3 aromatic rings. The molecule has 0 spiro atoms. The molecule has 3 N–H and O–H groups in total. The summed E-state index contributed by atoms with van der Waals surface area (Å²) < 4.78 is 5.30. The first kappa shape index (κ1) is 17.6. The van der Waals surface area contributed by atoms with E-state index in [0.717, 1.165) is 0 Å². The molecule has 0 bridgehead atoms. The van der Waals surface area contributed by atoms with E-state index in [4.69, 9.17) is 4.74 Å². The summed E-state index contributed by atoms with van der Waals surface area (Å²) in [6, 6.07) is 12.5. The number of aliphatic hydroxyl groups excluding tert-OH is 1. The van der Waals surface area contributed by atoms with Gasteiger partial charge in [0.2, 0.25) is 0 Å². The lowest BCUT2D eigenvalue weighted by Crippen LogP contribution is -2.03. The number of hydrogen-bond donors (Lipinski definition) is 3. The zero-order chi connectivity index (χ0) is 19.5. The van der Waals surface area contributed by atoms with Crippen molar-refractivity contribution in [2.45, 2.75) is 6.10 Å². The Morgan fingerprint density at radius 1 is 1.21 bits per heavy atom. The fourth-order valence-electron chi connectivity index (χ4n) is 3.05. The molecule has 4 rings (SSSR count). The van der Waals surface area contributed by atoms with E-state index in [1.165, 1.54) is 0 Å². The third-order valence-electron chi connectivity index (χ3n) is 4.39. The molecule has 0 fully saturated rings. The van der Waals surface area contributed by atoms with Crippen LogP contribution < -0.4 is 10.1 Å². The van der Waals surface area contributed by atoms with E-state index in [-0.39, 0.29) is 5.91 Å². The summed E-state index contributed by atoms with van der Waals surface area (Å²) in [5.74, 6) is 6.22. The number of nitrogens with zero attached hydrogens (tertiary/aromatic N) is 1. The van der Waals surface area contributed by atoms with Crippen molar-refractivity contribution in [2.75, 3.05) is 12.4 Å². The van der Waals surface area contributed by atoms with Gasteiger partial charge in [0, 0.05) is 23.5 Å². The average Bonchev–Trinajstić information content (AvgIpc) is 3.31. The van der Waals surface area contributed by atoms with Gasteiger partial charge in [-0.25, -0.2) is 0 Å². The lowest BCUT2D eigenvalue weighted by atomic mass is 9.99. The first-order chi connectivity index (χ1) is 13.7. The van der Waals surface area contributed by atoms with Crippen LogP contribution in [0.5, 0.6) is 5.75 Å². The van der Waals surface area contributed by atoms with Crippen molar-refractivity contribution in [2.24, 2.45) is 0 Å². The standard InChI is InChI=1S/C22H17N3O3/c1-28-20-10-12-24-18(20)13-15-21-14(5-4-7-17(21)25-22(15)27)8-9-19(26)16-6-2-3-11-23-16/h2-7,10-13,19,24,26H,1H3,(H,25,27). The highest BCUT2D eigenvalue weighted by Crippen LogP contribution is 2.36. The third-order valence-corrected chi connectivity index (χ3v) is 4.39. The zero-order valence-corrected chi connectivity index (χ0v) is 15.1. The van der Waals surface area contributed by atoms with Crippen LogP contribution in [0, 0.1) is 11.8 Å². The number of aromatic amines is 1. The van der Waals surface area contributed by atoms with Crippen molar-refractivity contribution in [1.29, 1.82) is 0 Å². The van der Waals surface area contributed by atoms with Gasteiger partial charge in [0.1, 0.15) is 5.75 Å². The Labute approximate surface area is 161 Å². The topological polar surface area (TPSA) is 87.2 Å². The van der Waals surface area contributed by atoms with Gasteiger partial charge in [-0.2, -0.15) is 0 Å². The van der Waals surface area contributed by atoms with Crippen molar-refractivity contribution in [3.63, 3.8) is 0 Å². The molecule has 1 atom stereocenters. The van der Waals surface area contributed by atoms with Gasteiger partial charge in [-0.3, -0.25) is 9.78 Å². The van der Waals surface area contributed by atoms with Crippen molar-refractivity contribution in [3.05, 3.63) is 77.4 Å². The molecule has 0 saturated carbocycles. The maximum Gasteiger partial charge on any atom is 0.256 e. The third kappa shape index (κ3) is 3.27. The average molecular weight is 371 g/mol. The Bertz CT molecular complexity index is 1120. The maximum atomic E-state index is 12.5. The van der Waals surface area contributed by atoms with Gasteiger partial charge >= 0.3 is 0 Å². The number of benzene rings is 1. The largest absolute Gasteiger partial charge is 0.495 e. The molecule has 0 aliphatic carbocycles. The number of fused-ring (bicyclic) bond motifs is 1. The summed E-state index contributed by atoms with van der Waals surface area (Å²) >= 11 is 0. The van der Waals surface area contributed by atoms with E-state index in [1.54, 1.807) is 49.8 Å². The molecule has 3 heterocycles. The number of carbonyl (C=O) groups is 1. The number of pyridine rings is 1. The van der Waals surface area contributed by atoms with E-state index >= 15 is 0 Å². The van der Waals surface area contributed by atoms with E-state index in [1.807, 2.05) is 18.2 Å². The number of hydrogen-bond acceptors (Lipinski definition) is 4. The van der Waals surface area contributed by atoms with Crippen LogP contribution in [0.2, 0.25) is 0 Å². The molecule has 28 heavy (non-hydrogen) atoms. The van der Waals surface area contributed by atoms with Gasteiger partial charge in [0.05, 0.1) is 29.8 Å². The first-order valence-electron chi connectivity index (χ1n) is 8.65. The molecular formula is C22H17N3O3. The molecule has 0 saturated heterocycles. The summed E-state index contributed by atoms with van der Waals surface area (Å²) in [5, 5.41) is 13.1. The summed E-state index contributed by atoms with van der Waals surface area (Å²) in [6.07, 6.45) is 4.07. The van der Waals surface area contributed by atoms with Crippen LogP contribution in [0.25, 0.3) is 11.6 Å². The maximum absolute atomic E-state index is 12.5. The molecule has 1 aliphatic rings. The van der Waals surface area contributed by atoms with Gasteiger partial charge < -0.3 is 20.1 Å². The van der Waals surface area contributed by atoms with Crippen LogP contribution >= 0.6 is 0 Å². The van der Waals surface area contributed by atoms with Gasteiger partial charge in [0.25, 0.3) is 5.91 Å². The van der Waals surface area contributed by atoms with Gasteiger partial charge in [0.15, 0.2) is 6.10 Å². The number of anilines is 1. The number of ether oxygens (including phenoxy) is 1. The Kier molecular flexibility index (Phi) is 4.67. The summed E-state index contributed by atoms with van der Waals surface area (Å²) in [5.41, 5.74) is 3.67. The number of H-pyrrole nitrogens is 1. The second-order valence-electron chi connectivity index (χ2n) is 6.13. The number of nitrogens with one attached hydrogen (secondary N) is 2. The molecule has 138 valence electrons. The van der Waals surface area contributed by atoms with E-state index in [2.05, 4.69) is 27.1 Å². The van der Waals surface area contributed by atoms with Crippen molar-refractivity contribution >= 4 is 23.2 Å². The van der Waals surface area contributed by atoms with Crippen LogP contribution in [0.3, 0.4) is 0 Å². The highest BCUT2D eigenvalue weighted by molar-refractivity contribution is 6.35. The lowest BCUT2D eigenvalue weighted by molar-refractivity contribution is -0.110. The number of methoxy groups -OCH3 is 1. The Hall–Kier alpha value is -3.82. The normalized spacial score (nSPS) is 14.8. The van der Waals surface area contributed by atoms with Crippen LogP contribution in [-0.4, -0.2) is 28.1 Å². The number of amides is 1. The predicted octanol–water partition coefficient (Wildman–Crippen LogP) is 3.00. The van der Waals surface area contributed by atoms with Gasteiger partial charge in [-0.05, 0) is 36.4 Å². The van der Waals surface area contributed by atoms with E-state index in [0.29, 0.717) is 39.5 Å². The molecule has 2 aromatic heterocycles. The van der Waals surface area contributed by atoms with E-state index in [9.17, 15) is 9.90 Å². The molecule has 1 aromatic carbocycles. The summed E-state index contributed by atoms with van der Waals surface area (Å²) in [6.45, 7) is 0. The predicted molar refractivity (Wildman–Crippen MR) is 106 cm³/mol. The SMILES string of the molecule is COc1cc[nH]c1C=C1C(=O)Nc2cccc(C#CC(O)c3ccccn3)c21. The Morgan fingerprint density at radius 3 is 2.89 bits per heavy atom. The van der Waals surface area contributed by atoms with Gasteiger partial charge in [-0.15, -0.1) is 0 Å². The highest BCUT2D eigenvalue weighted by Gasteiger charge is 2.27. The zero-order valence-electron chi connectivity index (χ0n) is 15.1. The molecule has 6 heteroatoms. The van der Waals surface area contributed by atoms with Crippen molar-refractivity contribution in [1.82, 2.24) is 9.97 Å². The molecule has 6 nitrogen and oxygen atoms in total. The molecule has 0 radical (unpaired) electrons. The second kappa shape index (κ2) is 7.43. The number of carbonyl (C=O) groups excluding carboxylic acids is 1. The summed E-state index contributed by atoms with van der Waals surface area (Å²) in [7, 11) is 1.57. The molecule has 1 unspecified atom stereocenters. The van der Waals surface area contributed by atoms with Crippen LogP contribution in [0.1, 0.15) is 28.6 Å². The minimum atomic E-state index is -1.02. The minimum absolute atomic E-state index is 0.217. The van der Waals surface area contributed by atoms with Crippen molar-refractivity contribution in [3.8, 4) is 17.6 Å². The fraction of sp³-hybridized carbons (Fsp3) is 0.0909. The van der Waals surface area contributed by atoms with Crippen LogP contribution in [-0.2, 0) is 4.79 Å². The molecular weight excluding hydrogens is 354 g/mol. The summed E-state index contributed by atoms with van der Waals surface area (Å²) in [4.78, 5) is 19.7. The molecule has 1 amide bonds. The number of aliphatic hydroxyl groups is 1.